The number of nitrogens with zero attached hydrogens (tertiary/aromatic N) is 2. The Bertz CT molecular complexity index is 403. The molecule has 18 heavy (non-hydrogen) atoms. The van der Waals surface area contributed by atoms with E-state index in [9.17, 15) is 4.79 Å². The van der Waals surface area contributed by atoms with Crippen LogP contribution in [0.4, 0.5) is 11.6 Å². The van der Waals surface area contributed by atoms with Gasteiger partial charge in [0, 0.05) is 31.5 Å². The largest absolute Gasteiger partial charge is 0.365 e. The Morgan fingerprint density at radius 1 is 1.50 bits per heavy atom. The fourth-order valence-electron chi connectivity index (χ4n) is 1.87. The molecule has 0 bridgehead atoms. The van der Waals surface area contributed by atoms with Crippen LogP contribution in [-0.2, 0) is 11.2 Å². The van der Waals surface area contributed by atoms with Crippen LogP contribution in [-0.4, -0.2) is 28.5 Å². The number of piperidine rings is 1. The Morgan fingerprint density at radius 3 is 2.89 bits per heavy atom. The number of aryl methyl sites for hydroxylation is 1. The summed E-state index contributed by atoms with van der Waals surface area (Å²) in [6, 6.07) is 1.96. The first-order chi connectivity index (χ1) is 8.71. The second-order valence-electron chi connectivity index (χ2n) is 4.24. The molecule has 1 aromatic rings. The van der Waals surface area contributed by atoms with E-state index in [0.29, 0.717) is 18.8 Å². The summed E-state index contributed by atoms with van der Waals surface area (Å²) in [5.41, 5.74) is 2.53. The van der Waals surface area contributed by atoms with Gasteiger partial charge in [0.05, 0.1) is 0 Å². The van der Waals surface area contributed by atoms with Gasteiger partial charge >= 0.3 is 0 Å². The summed E-state index contributed by atoms with van der Waals surface area (Å²) in [7, 11) is 0. The lowest BCUT2D eigenvalue weighted by Crippen LogP contribution is -2.42. The first-order valence-electron chi connectivity index (χ1n) is 6.09. The van der Waals surface area contributed by atoms with E-state index in [0.717, 1.165) is 24.5 Å². The van der Waals surface area contributed by atoms with Gasteiger partial charge in [-0.2, -0.15) is 0 Å². The number of carbonyl (C=O) groups excluding carboxylic acids is 1. The molecule has 1 saturated heterocycles. The number of amides is 1. The third-order valence-electron chi connectivity index (χ3n) is 2.85. The van der Waals surface area contributed by atoms with Gasteiger partial charge in [0.15, 0.2) is 0 Å². The van der Waals surface area contributed by atoms with E-state index >= 15 is 0 Å². The molecule has 7 heteroatoms. The molecule has 2 rings (SSSR count). The summed E-state index contributed by atoms with van der Waals surface area (Å²) in [5.74, 6) is 7.52. The fraction of sp³-hybridized carbons (Fsp3) is 0.545. The molecular weight excluding hydrogens is 232 g/mol. The van der Waals surface area contributed by atoms with Crippen LogP contribution in [0.25, 0.3) is 0 Å². The van der Waals surface area contributed by atoms with Gasteiger partial charge in [0.2, 0.25) is 5.91 Å². The number of hydrogen-bond acceptors (Lipinski definition) is 6. The van der Waals surface area contributed by atoms with E-state index in [1.165, 1.54) is 0 Å². The highest BCUT2D eigenvalue weighted by atomic mass is 16.1. The zero-order valence-electron chi connectivity index (χ0n) is 10.4. The van der Waals surface area contributed by atoms with Crippen molar-refractivity contribution in [3.63, 3.8) is 0 Å². The molecule has 1 aliphatic rings. The molecule has 0 saturated carbocycles. The summed E-state index contributed by atoms with van der Waals surface area (Å²) in [6.07, 6.45) is 2.10. The normalized spacial score (nSPS) is 19.2. The van der Waals surface area contributed by atoms with Crippen LogP contribution in [0.3, 0.4) is 0 Å². The number of rotatable bonds is 4. The number of aromatic nitrogens is 2. The standard InChI is InChI=1S/C11H18N6O/c1-2-8-15-9(5-10(16-8)17-12)14-7-3-4-11(18)13-6-7/h5,7H,2-4,6,12H2,1H3,(H,13,18)(H2,14,15,16,17). The minimum Gasteiger partial charge on any atom is -0.365 e. The van der Waals surface area contributed by atoms with E-state index in [1.807, 2.05) is 6.92 Å². The van der Waals surface area contributed by atoms with Crippen molar-refractivity contribution in [2.75, 3.05) is 17.3 Å². The van der Waals surface area contributed by atoms with Gasteiger partial charge in [0.25, 0.3) is 0 Å². The fourth-order valence-corrected chi connectivity index (χ4v) is 1.87. The first kappa shape index (κ1) is 12.6. The van der Waals surface area contributed by atoms with Crippen molar-refractivity contribution in [1.29, 1.82) is 0 Å². The maximum atomic E-state index is 11.1. The minimum atomic E-state index is 0.106. The number of hydrazine groups is 1. The van der Waals surface area contributed by atoms with Crippen molar-refractivity contribution in [1.82, 2.24) is 15.3 Å². The van der Waals surface area contributed by atoms with Gasteiger partial charge in [0.1, 0.15) is 17.5 Å². The summed E-state index contributed by atoms with van der Waals surface area (Å²) in [4.78, 5) is 19.7. The highest BCUT2D eigenvalue weighted by molar-refractivity contribution is 5.77. The average Bonchev–Trinajstić information content (AvgIpc) is 2.41. The van der Waals surface area contributed by atoms with Crippen LogP contribution in [0.1, 0.15) is 25.6 Å². The predicted molar refractivity (Wildman–Crippen MR) is 68.9 cm³/mol. The first-order valence-corrected chi connectivity index (χ1v) is 6.09. The van der Waals surface area contributed by atoms with Crippen LogP contribution >= 0.6 is 0 Å². The molecule has 1 amide bonds. The zero-order chi connectivity index (χ0) is 13.0. The predicted octanol–water partition coefficient (Wildman–Crippen LogP) is 0.0151. The van der Waals surface area contributed by atoms with Gasteiger partial charge in [-0.3, -0.25) is 4.79 Å². The maximum Gasteiger partial charge on any atom is 0.220 e. The summed E-state index contributed by atoms with van der Waals surface area (Å²) >= 11 is 0. The SMILES string of the molecule is CCc1nc(NN)cc(NC2CCC(=O)NC2)n1. The Labute approximate surface area is 106 Å². The van der Waals surface area contributed by atoms with Gasteiger partial charge in [-0.1, -0.05) is 6.92 Å². The van der Waals surface area contributed by atoms with Crippen molar-refractivity contribution >= 4 is 17.5 Å². The molecule has 0 radical (unpaired) electrons. The summed E-state index contributed by atoms with van der Waals surface area (Å²) in [6.45, 7) is 2.61. The van der Waals surface area contributed by atoms with Gasteiger partial charge in [-0.15, -0.1) is 0 Å². The lowest BCUT2D eigenvalue weighted by atomic mass is 10.1. The van der Waals surface area contributed by atoms with Crippen LogP contribution < -0.4 is 21.9 Å². The zero-order valence-corrected chi connectivity index (χ0v) is 10.4. The number of anilines is 2. The van der Waals surface area contributed by atoms with E-state index < -0.39 is 0 Å². The molecular formula is C11H18N6O. The minimum absolute atomic E-state index is 0.106. The molecule has 1 unspecified atom stereocenters. The molecule has 0 aliphatic carbocycles. The van der Waals surface area contributed by atoms with Crippen molar-refractivity contribution in [2.24, 2.45) is 5.84 Å². The highest BCUT2D eigenvalue weighted by Gasteiger charge is 2.18. The monoisotopic (exact) mass is 250 g/mol. The Hall–Kier alpha value is -1.89. The van der Waals surface area contributed by atoms with Crippen molar-refractivity contribution < 1.29 is 4.79 Å². The Balaban J connectivity index is 2.06. The van der Waals surface area contributed by atoms with Gasteiger partial charge in [-0.25, -0.2) is 15.8 Å². The molecule has 0 aromatic carbocycles. The van der Waals surface area contributed by atoms with E-state index in [-0.39, 0.29) is 11.9 Å². The van der Waals surface area contributed by atoms with Crippen molar-refractivity contribution in [2.45, 2.75) is 32.2 Å². The van der Waals surface area contributed by atoms with E-state index in [1.54, 1.807) is 6.07 Å². The van der Waals surface area contributed by atoms with Crippen LogP contribution in [0, 0.1) is 0 Å². The third kappa shape index (κ3) is 3.07. The Morgan fingerprint density at radius 2 is 2.28 bits per heavy atom. The van der Waals surface area contributed by atoms with Gasteiger partial charge < -0.3 is 16.1 Å². The van der Waals surface area contributed by atoms with Crippen molar-refractivity contribution in [3.05, 3.63) is 11.9 Å². The molecule has 98 valence electrons. The van der Waals surface area contributed by atoms with E-state index in [2.05, 4.69) is 26.0 Å². The van der Waals surface area contributed by atoms with Crippen LogP contribution in [0.2, 0.25) is 0 Å². The molecule has 5 N–H and O–H groups in total. The third-order valence-corrected chi connectivity index (χ3v) is 2.85. The number of nitrogen functional groups attached to an aromatic ring is 1. The summed E-state index contributed by atoms with van der Waals surface area (Å²) < 4.78 is 0. The lowest BCUT2D eigenvalue weighted by Gasteiger charge is -2.24. The quantitative estimate of drug-likeness (QED) is 0.443. The molecule has 7 nitrogen and oxygen atoms in total. The molecule has 0 spiro atoms. The summed E-state index contributed by atoms with van der Waals surface area (Å²) in [5, 5.41) is 6.11. The Kier molecular flexibility index (Phi) is 3.93. The van der Waals surface area contributed by atoms with Crippen molar-refractivity contribution in [3.8, 4) is 0 Å². The second-order valence-corrected chi connectivity index (χ2v) is 4.24. The molecule has 2 heterocycles. The lowest BCUT2D eigenvalue weighted by molar-refractivity contribution is -0.122. The molecule has 1 atom stereocenters. The smallest absolute Gasteiger partial charge is 0.220 e. The second kappa shape index (κ2) is 5.63. The average molecular weight is 250 g/mol. The molecule has 1 aliphatic heterocycles. The van der Waals surface area contributed by atoms with Crippen LogP contribution in [0.5, 0.6) is 0 Å². The molecule has 1 fully saturated rings. The number of nitrogens with two attached hydrogens (primary N) is 1. The highest BCUT2D eigenvalue weighted by Crippen LogP contribution is 2.14. The number of carbonyl (C=O) groups is 1. The topological polar surface area (TPSA) is 105 Å². The van der Waals surface area contributed by atoms with Gasteiger partial charge in [-0.05, 0) is 6.42 Å². The van der Waals surface area contributed by atoms with E-state index in [4.69, 9.17) is 5.84 Å². The molecule has 1 aromatic heterocycles. The number of nitrogens with one attached hydrogen (secondary N) is 3. The van der Waals surface area contributed by atoms with Crippen LogP contribution in [0.15, 0.2) is 6.07 Å². The number of hydrogen-bond donors (Lipinski definition) is 4. The maximum absolute atomic E-state index is 11.1.